The SMILES string of the molecule is CSC[C@H](NC(=O)CCC(=O)[C@H](CC(C)C)NC(=O)[C@@H]1CCCN1C(=O)COCCCC(=O)[C@@H](CCC(=O)O)NC(=O)[C@@H](CCC(=O)O)CC(=O)[C@@H](CCC(=O)O)NC(=O)[C@@H](CCC(=O)O)CC(=O)[C@H](N)CCC(=O)O)C(=O)C[C@@H](C)C(=O)NCC(=O)C[C@@H](C)CCCN=C(N)N. The molecule has 6 amide bonds. The zero-order valence-corrected chi connectivity index (χ0v) is 56.8. The minimum absolute atomic E-state index is 0.0172. The number of Topliss-reactive ketones (excluding diaryl/α,β-unsaturated/α-hetero) is 6. The second kappa shape index (κ2) is 46.8. The number of hydrogen-bond donors (Lipinski definition) is 13. The number of ether oxygens (including phenoxy) is 1. The lowest BCUT2D eigenvalue weighted by molar-refractivity contribution is -0.142. The molecule has 1 aliphatic rings. The molecule has 97 heavy (non-hydrogen) atoms. The molecule has 1 rings (SSSR count). The summed E-state index contributed by atoms with van der Waals surface area (Å²) in [4.78, 5) is 224. The van der Waals surface area contributed by atoms with Crippen molar-refractivity contribution < 1.29 is 112 Å². The van der Waals surface area contributed by atoms with Crippen LogP contribution >= 0.6 is 11.8 Å². The summed E-state index contributed by atoms with van der Waals surface area (Å²) in [6.45, 7) is 6.63. The number of carbonyl (C=O) groups excluding carboxylic acids is 12. The van der Waals surface area contributed by atoms with E-state index in [1.54, 1.807) is 6.26 Å². The summed E-state index contributed by atoms with van der Waals surface area (Å²) in [5.41, 5.74) is 16.5. The molecule has 0 aromatic heterocycles. The van der Waals surface area contributed by atoms with Crippen LogP contribution in [0.3, 0.4) is 0 Å². The zero-order valence-electron chi connectivity index (χ0n) is 56.0. The average Bonchev–Trinajstić information content (AvgIpc) is 1.84. The summed E-state index contributed by atoms with van der Waals surface area (Å²) in [7, 11) is 0. The number of carbonyl (C=O) groups is 17. The Labute approximate surface area is 567 Å². The Morgan fingerprint density at radius 2 is 1.07 bits per heavy atom. The molecule has 0 bridgehead atoms. The maximum Gasteiger partial charge on any atom is 0.303 e. The van der Waals surface area contributed by atoms with Gasteiger partial charge in [-0.3, -0.25) is 86.5 Å². The van der Waals surface area contributed by atoms with Gasteiger partial charge in [-0.2, -0.15) is 11.8 Å². The van der Waals surface area contributed by atoms with Crippen molar-refractivity contribution in [2.45, 2.75) is 212 Å². The van der Waals surface area contributed by atoms with Crippen molar-refractivity contribution in [1.29, 1.82) is 0 Å². The molecule has 0 aliphatic carbocycles. The number of carboxylic acids is 5. The van der Waals surface area contributed by atoms with E-state index >= 15 is 0 Å². The van der Waals surface area contributed by atoms with E-state index in [1.165, 1.54) is 23.6 Å². The zero-order chi connectivity index (χ0) is 73.5. The van der Waals surface area contributed by atoms with Crippen molar-refractivity contribution in [3.63, 3.8) is 0 Å². The summed E-state index contributed by atoms with van der Waals surface area (Å²) in [5, 5.41) is 59.4. The Morgan fingerprint density at radius 3 is 1.61 bits per heavy atom. The molecule has 1 heterocycles. The minimum Gasteiger partial charge on any atom is -0.481 e. The highest BCUT2D eigenvalue weighted by molar-refractivity contribution is 7.98. The number of hydrogen-bond acceptors (Lipinski definition) is 21. The lowest BCUT2D eigenvalue weighted by atomic mass is 9.89. The van der Waals surface area contributed by atoms with Crippen molar-refractivity contribution in [2.75, 3.05) is 44.9 Å². The van der Waals surface area contributed by atoms with Crippen molar-refractivity contribution in [3.05, 3.63) is 0 Å². The molecule has 10 atom stereocenters. The van der Waals surface area contributed by atoms with Gasteiger partial charge in [0, 0.05) is 120 Å². The first kappa shape index (κ1) is 86.7. The van der Waals surface area contributed by atoms with Gasteiger partial charge in [-0.25, -0.2) is 0 Å². The van der Waals surface area contributed by atoms with Gasteiger partial charge in [0.15, 0.2) is 34.9 Å². The molecule has 33 nitrogen and oxygen atoms in total. The predicted octanol–water partition coefficient (Wildman–Crippen LogP) is 0.203. The van der Waals surface area contributed by atoms with Crippen LogP contribution in [0.1, 0.15) is 175 Å². The molecule has 0 aromatic rings. The molecule has 0 unspecified atom stereocenters. The summed E-state index contributed by atoms with van der Waals surface area (Å²) >= 11 is 1.27. The van der Waals surface area contributed by atoms with Crippen LogP contribution in [0.4, 0.5) is 0 Å². The maximum absolute atomic E-state index is 13.9. The largest absolute Gasteiger partial charge is 0.481 e. The van der Waals surface area contributed by atoms with E-state index in [9.17, 15) is 102 Å². The van der Waals surface area contributed by atoms with Crippen LogP contribution in [-0.4, -0.2) is 217 Å². The first-order valence-electron chi connectivity index (χ1n) is 32.4. The molecular formula is C63H100N10O23S. The highest BCUT2D eigenvalue weighted by Crippen LogP contribution is 2.23. The van der Waals surface area contributed by atoms with Gasteiger partial charge in [0.25, 0.3) is 0 Å². The molecule has 1 aliphatic heterocycles. The standard InChI is InChI=1S/C63H100N10O23S/c1-35(2)27-44(48(76)17-18-52(80)69-45(34-97-5)50(78)29-37(4)59(92)68-32-40(74)28-36(3)9-6-24-67-63(65)66)72-62(95)46-10-7-25-73(46)53(81)33-96-26-8-11-47(75)42(15-22-57(88)89)70-61(94)39(13-20-55(84)85)31-51(79)43(16-23-58(90)91)71-60(93)38(12-19-54(82)83)30-49(77)41(64)14-21-56(86)87/h35-39,41-46H,6-34,64H2,1-5H3,(H,68,92)(H,69,80)(H,70,94)(H,71,93)(H,72,95)(H,82,83)(H,84,85)(H,86,87)(H,88,89)(H,90,91)(H4,65,66,67)/t36-,37+,38-,39-,41+,42+,43+,44-,45-,46-/m0/s1. The van der Waals surface area contributed by atoms with E-state index in [0.29, 0.717) is 25.8 Å². The van der Waals surface area contributed by atoms with E-state index in [1.807, 2.05) is 20.8 Å². The molecule has 1 fully saturated rings. The minimum atomic E-state index is -1.71. The van der Waals surface area contributed by atoms with Crippen LogP contribution in [0.25, 0.3) is 0 Å². The van der Waals surface area contributed by atoms with Gasteiger partial charge in [0.2, 0.25) is 35.4 Å². The second-order valence-electron chi connectivity index (χ2n) is 24.8. The topological polar surface area (TPSA) is 554 Å². The predicted molar refractivity (Wildman–Crippen MR) is 349 cm³/mol. The highest BCUT2D eigenvalue weighted by Gasteiger charge is 2.38. The Hall–Kier alpha value is -8.27. The van der Waals surface area contributed by atoms with E-state index in [4.69, 9.17) is 27.0 Å². The Balaban J connectivity index is 3.02. The number of likely N-dealkylation sites (tertiary alicyclic amines) is 1. The van der Waals surface area contributed by atoms with Gasteiger partial charge < -0.3 is 79.0 Å². The Morgan fingerprint density at radius 1 is 0.557 bits per heavy atom. The van der Waals surface area contributed by atoms with Crippen molar-refractivity contribution in [3.8, 4) is 0 Å². The average molecular weight is 1400 g/mol. The fraction of sp³-hybridized carbons (Fsp3) is 0.714. The third-order valence-corrected chi connectivity index (χ3v) is 16.5. The number of guanidine groups is 1. The van der Waals surface area contributed by atoms with Gasteiger partial charge in [0.1, 0.15) is 18.4 Å². The normalized spacial score (nSPS) is 15.5. The quantitative estimate of drug-likeness (QED) is 0.0220. The molecule has 34 heteroatoms. The smallest absolute Gasteiger partial charge is 0.303 e. The fourth-order valence-corrected chi connectivity index (χ4v) is 11.1. The third kappa shape index (κ3) is 37.7. The number of aliphatic carboxylic acids is 5. The van der Waals surface area contributed by atoms with Crippen LogP contribution in [0.5, 0.6) is 0 Å². The number of nitrogens with two attached hydrogens (primary N) is 3. The van der Waals surface area contributed by atoms with Crippen molar-refractivity contribution >= 4 is 118 Å². The molecule has 16 N–H and O–H groups in total. The van der Waals surface area contributed by atoms with E-state index < -0.39 is 225 Å². The van der Waals surface area contributed by atoms with Crippen LogP contribution in [0, 0.1) is 29.6 Å². The van der Waals surface area contributed by atoms with Gasteiger partial charge in [-0.05, 0) is 88.7 Å². The highest BCUT2D eigenvalue weighted by atomic mass is 32.2. The summed E-state index contributed by atoms with van der Waals surface area (Å²) in [6.07, 6.45) is -4.45. The maximum atomic E-state index is 13.9. The monoisotopic (exact) mass is 1400 g/mol. The van der Waals surface area contributed by atoms with E-state index in [2.05, 4.69) is 31.6 Å². The number of aliphatic imine (C=N–C) groups is 1. The number of ketones is 6. The molecular weight excluding hydrogens is 1300 g/mol. The van der Waals surface area contributed by atoms with Crippen LogP contribution < -0.4 is 43.8 Å². The molecule has 0 saturated carbocycles. The van der Waals surface area contributed by atoms with Crippen LogP contribution in [-0.2, 0) is 86.2 Å². The Bertz CT molecular complexity index is 2780. The number of amides is 6. The van der Waals surface area contributed by atoms with Crippen LogP contribution in [0.2, 0.25) is 0 Å². The van der Waals surface area contributed by atoms with Crippen molar-refractivity contribution in [1.82, 2.24) is 31.5 Å². The van der Waals surface area contributed by atoms with E-state index in [-0.39, 0.29) is 107 Å². The van der Waals surface area contributed by atoms with E-state index in [0.717, 1.165) is 0 Å². The van der Waals surface area contributed by atoms with Gasteiger partial charge in [-0.1, -0.05) is 27.7 Å². The molecule has 0 aromatic carbocycles. The summed E-state index contributed by atoms with van der Waals surface area (Å²) < 4.78 is 5.57. The number of carboxylic acid groups (broad SMARTS) is 5. The van der Waals surface area contributed by atoms with Crippen molar-refractivity contribution in [2.24, 2.45) is 51.8 Å². The molecule has 546 valence electrons. The summed E-state index contributed by atoms with van der Waals surface area (Å²) in [6, 6.07) is -7.66. The number of nitrogens with zero attached hydrogens (tertiary/aromatic N) is 2. The second-order valence-corrected chi connectivity index (χ2v) is 25.7. The Kier molecular flexibility index (Phi) is 41.9. The molecule has 0 radical (unpaired) electrons. The van der Waals surface area contributed by atoms with Gasteiger partial charge in [0.05, 0.1) is 36.8 Å². The lowest BCUT2D eigenvalue weighted by Gasteiger charge is -2.27. The van der Waals surface area contributed by atoms with Gasteiger partial charge >= 0.3 is 29.8 Å². The first-order chi connectivity index (χ1) is 45.5. The molecule has 1 saturated heterocycles. The number of thioether (sulfide) groups is 1. The van der Waals surface area contributed by atoms with Gasteiger partial charge in [-0.15, -0.1) is 0 Å². The molecule has 0 spiro atoms. The number of nitrogens with one attached hydrogen (secondary N) is 5. The lowest BCUT2D eigenvalue weighted by Crippen LogP contribution is -2.52. The third-order valence-electron chi connectivity index (χ3n) is 15.9. The number of rotatable bonds is 55. The van der Waals surface area contributed by atoms with Crippen LogP contribution in [0.15, 0.2) is 4.99 Å². The fourth-order valence-electron chi connectivity index (χ4n) is 10.5. The first-order valence-corrected chi connectivity index (χ1v) is 33.8. The summed E-state index contributed by atoms with van der Waals surface area (Å²) in [5.74, 6) is -18.8.